The van der Waals surface area contributed by atoms with Gasteiger partial charge in [0.2, 0.25) is 17.7 Å². The van der Waals surface area contributed by atoms with Gasteiger partial charge in [-0.3, -0.25) is 9.59 Å². The second-order valence-corrected chi connectivity index (χ2v) is 15.9. The van der Waals surface area contributed by atoms with Crippen LogP contribution in [0.3, 0.4) is 0 Å². The zero-order valence-corrected chi connectivity index (χ0v) is 31.5. The van der Waals surface area contributed by atoms with Crippen LogP contribution in [0.5, 0.6) is 0 Å². The molecule has 11 heteroatoms. The molecule has 3 aliphatic rings. The molecule has 3 aromatic heterocycles. The summed E-state index contributed by atoms with van der Waals surface area (Å²) in [7, 11) is 0. The Morgan fingerprint density at radius 1 is 0.982 bits per heavy atom. The minimum atomic E-state index is -1.51. The quantitative estimate of drug-likeness (QED) is 0.122. The summed E-state index contributed by atoms with van der Waals surface area (Å²) in [6.45, 7) is 8.22. The number of hydrogen-bond donors (Lipinski definition) is 5. The molecule has 1 spiro atoms. The maximum absolute atomic E-state index is 14.4. The van der Waals surface area contributed by atoms with Crippen LogP contribution in [0.4, 0.5) is 5.69 Å². The van der Waals surface area contributed by atoms with Gasteiger partial charge in [-0.1, -0.05) is 87.7 Å². The van der Waals surface area contributed by atoms with Gasteiger partial charge in [0, 0.05) is 40.8 Å². The summed E-state index contributed by atoms with van der Waals surface area (Å²) in [5.74, 6) is 0.694. The van der Waals surface area contributed by atoms with Gasteiger partial charge in [0.1, 0.15) is 23.1 Å². The molecule has 9 rings (SSSR count). The molecule has 1 saturated carbocycles. The standard InChI is InChI=1S/C44H46N6O5/c1-24(2)36-41-50-37(40-46-23-35(54-40)29-22-45-32-14-8-6-12-28(29)32)38(55-41)44(26(4)47-33-15-9-7-13-30(33)44)31-20-27(17-16-25(31)3)21-34(39(51)49-36)48-42(52)43(53)18-10-5-11-19-43/h6-9,12-17,20,22-24,26,34,36,45,47,53H,5,10-11,18-19,21H2,1-4H3,(H,48,52)(H,49,51)/t26?,34-,36-,44?/m0/s1. The lowest BCUT2D eigenvalue weighted by Gasteiger charge is -2.36. The van der Waals surface area contributed by atoms with Gasteiger partial charge in [0.15, 0.2) is 17.2 Å². The number of aliphatic hydroxyl groups is 1. The van der Waals surface area contributed by atoms with E-state index in [0.717, 1.165) is 63.7 Å². The van der Waals surface area contributed by atoms with E-state index in [1.807, 2.05) is 62.5 Å². The minimum absolute atomic E-state index is 0.154. The lowest BCUT2D eigenvalue weighted by molar-refractivity contribution is -0.145. The third-order valence-electron chi connectivity index (χ3n) is 12.1. The number of rotatable bonds is 5. The number of oxazole rings is 2. The van der Waals surface area contributed by atoms with E-state index in [0.29, 0.717) is 41.8 Å². The second-order valence-electron chi connectivity index (χ2n) is 15.9. The van der Waals surface area contributed by atoms with Crippen LogP contribution < -0.4 is 16.0 Å². The number of aromatic nitrogens is 3. The van der Waals surface area contributed by atoms with Crippen molar-refractivity contribution in [1.82, 2.24) is 25.6 Å². The first-order valence-corrected chi connectivity index (χ1v) is 19.4. The van der Waals surface area contributed by atoms with Crippen molar-refractivity contribution in [2.75, 3.05) is 5.32 Å². The van der Waals surface area contributed by atoms with E-state index in [9.17, 15) is 14.7 Å². The third-order valence-corrected chi connectivity index (χ3v) is 12.1. The van der Waals surface area contributed by atoms with Gasteiger partial charge < -0.3 is 34.9 Å². The van der Waals surface area contributed by atoms with E-state index >= 15 is 0 Å². The molecule has 0 radical (unpaired) electrons. The average molecular weight is 739 g/mol. The lowest BCUT2D eigenvalue weighted by Crippen LogP contribution is -2.56. The number of carbonyl (C=O) groups is 2. The van der Waals surface area contributed by atoms with Crippen molar-refractivity contribution < 1.29 is 23.5 Å². The maximum atomic E-state index is 14.4. The Labute approximate surface area is 319 Å². The highest BCUT2D eigenvalue weighted by molar-refractivity contribution is 5.94. The summed E-state index contributed by atoms with van der Waals surface area (Å²) in [5.41, 5.74) is 4.72. The molecule has 282 valence electrons. The Balaban J connectivity index is 1.25. The zero-order valence-electron chi connectivity index (χ0n) is 31.5. The van der Waals surface area contributed by atoms with Gasteiger partial charge in [-0.2, -0.15) is 0 Å². The normalized spacial score (nSPS) is 23.2. The topological polar surface area (TPSA) is 158 Å². The lowest BCUT2D eigenvalue weighted by atomic mass is 9.67. The number of fused-ring (bicyclic) bond motifs is 9. The fourth-order valence-electron chi connectivity index (χ4n) is 9.10. The third kappa shape index (κ3) is 5.66. The highest BCUT2D eigenvalue weighted by atomic mass is 16.4. The first-order valence-electron chi connectivity index (χ1n) is 19.4. The number of nitrogens with zero attached hydrogens (tertiary/aromatic N) is 2. The number of aryl methyl sites for hydroxylation is 1. The SMILES string of the molecule is Cc1ccc2cc1C1(c3ccccc3NC1C)c1oc(nc1-c1ncc(-c3c[nH]c4ccccc34)o1)[C@H](C(C)C)NC(=O)[C@@H](NC(=O)C1(O)CCCCC1)C2. The van der Waals surface area contributed by atoms with Gasteiger partial charge in [-0.25, -0.2) is 9.97 Å². The summed E-state index contributed by atoms with van der Waals surface area (Å²) in [4.78, 5) is 41.5. The molecule has 1 fully saturated rings. The number of para-hydroxylation sites is 2. The number of anilines is 1. The molecule has 5 N–H and O–H groups in total. The van der Waals surface area contributed by atoms with Crippen LogP contribution >= 0.6 is 0 Å². The number of nitrogens with one attached hydrogen (secondary N) is 4. The number of H-pyrrole nitrogens is 1. The molecule has 5 heterocycles. The molecule has 3 aromatic carbocycles. The smallest absolute Gasteiger partial charge is 0.252 e. The summed E-state index contributed by atoms with van der Waals surface area (Å²) in [6.07, 6.45) is 7.08. The maximum Gasteiger partial charge on any atom is 0.252 e. The van der Waals surface area contributed by atoms with E-state index in [2.05, 4.69) is 59.0 Å². The Kier molecular flexibility index (Phi) is 8.45. The molecule has 11 nitrogen and oxygen atoms in total. The largest absolute Gasteiger partial charge is 0.441 e. The van der Waals surface area contributed by atoms with Crippen LogP contribution in [0.1, 0.15) is 92.8 Å². The monoisotopic (exact) mass is 738 g/mol. The number of amides is 2. The van der Waals surface area contributed by atoms with Crippen molar-refractivity contribution in [2.45, 2.75) is 95.4 Å². The number of hydrogen-bond acceptors (Lipinski definition) is 8. The van der Waals surface area contributed by atoms with Gasteiger partial charge in [-0.15, -0.1) is 0 Å². The van der Waals surface area contributed by atoms with E-state index in [-0.39, 0.29) is 24.3 Å². The van der Waals surface area contributed by atoms with Gasteiger partial charge >= 0.3 is 0 Å². The molecule has 2 unspecified atom stereocenters. The molecule has 2 aliphatic heterocycles. The molecule has 4 bridgehead atoms. The molecular weight excluding hydrogens is 693 g/mol. The Morgan fingerprint density at radius 3 is 2.58 bits per heavy atom. The Hall–Kier alpha value is -5.68. The Morgan fingerprint density at radius 2 is 1.76 bits per heavy atom. The molecule has 55 heavy (non-hydrogen) atoms. The fourth-order valence-corrected chi connectivity index (χ4v) is 9.10. The molecule has 2 amide bonds. The van der Waals surface area contributed by atoms with Gasteiger partial charge in [-0.05, 0) is 67.0 Å². The second kappa shape index (κ2) is 13.3. The van der Waals surface area contributed by atoms with Gasteiger partial charge in [0.05, 0.1) is 6.20 Å². The van der Waals surface area contributed by atoms with Crippen LogP contribution in [0.2, 0.25) is 0 Å². The molecule has 4 atom stereocenters. The summed E-state index contributed by atoms with van der Waals surface area (Å²) in [5, 5.41) is 22.3. The van der Waals surface area contributed by atoms with E-state index < -0.39 is 29.0 Å². The number of benzene rings is 3. The summed E-state index contributed by atoms with van der Waals surface area (Å²) < 4.78 is 13.7. The Bertz CT molecular complexity index is 2440. The van der Waals surface area contributed by atoms with Crippen LogP contribution in [-0.4, -0.2) is 49.6 Å². The van der Waals surface area contributed by atoms with Crippen molar-refractivity contribution in [1.29, 1.82) is 0 Å². The van der Waals surface area contributed by atoms with Crippen molar-refractivity contribution in [3.05, 3.63) is 113 Å². The molecule has 1 aliphatic carbocycles. The first kappa shape index (κ1) is 35.0. The van der Waals surface area contributed by atoms with E-state index in [4.69, 9.17) is 18.8 Å². The predicted molar refractivity (Wildman–Crippen MR) is 209 cm³/mol. The molecule has 6 aromatic rings. The number of carbonyl (C=O) groups excluding carboxylic acids is 2. The highest BCUT2D eigenvalue weighted by Gasteiger charge is 2.54. The van der Waals surface area contributed by atoms with Crippen LogP contribution in [-0.2, 0) is 21.4 Å². The van der Waals surface area contributed by atoms with Crippen LogP contribution in [0, 0.1) is 12.8 Å². The van der Waals surface area contributed by atoms with Crippen molar-refractivity contribution in [2.24, 2.45) is 5.92 Å². The predicted octanol–water partition coefficient (Wildman–Crippen LogP) is 7.48. The van der Waals surface area contributed by atoms with E-state index in [1.165, 1.54) is 0 Å². The van der Waals surface area contributed by atoms with Crippen molar-refractivity contribution in [3.8, 4) is 22.9 Å². The average Bonchev–Trinajstić information content (AvgIpc) is 3.98. The van der Waals surface area contributed by atoms with E-state index in [1.54, 1.807) is 6.20 Å². The minimum Gasteiger partial charge on any atom is -0.441 e. The van der Waals surface area contributed by atoms with Crippen LogP contribution in [0.25, 0.3) is 33.8 Å². The fraction of sp³-hybridized carbons (Fsp3) is 0.364. The summed E-state index contributed by atoms with van der Waals surface area (Å²) in [6, 6.07) is 20.6. The molecular formula is C44H46N6O5. The number of aromatic amines is 1. The van der Waals surface area contributed by atoms with Crippen molar-refractivity contribution in [3.63, 3.8) is 0 Å². The van der Waals surface area contributed by atoms with Crippen LogP contribution in [0.15, 0.2) is 88.0 Å². The first-order chi connectivity index (χ1) is 26.6. The summed E-state index contributed by atoms with van der Waals surface area (Å²) >= 11 is 0. The van der Waals surface area contributed by atoms with Gasteiger partial charge in [0.25, 0.3) is 5.91 Å². The van der Waals surface area contributed by atoms with Crippen molar-refractivity contribution >= 4 is 28.4 Å². The highest BCUT2D eigenvalue weighted by Crippen LogP contribution is 2.54. The molecule has 0 saturated heterocycles. The zero-order chi connectivity index (χ0) is 38.1.